The minimum Gasteiger partial charge on any atom is -0.321 e. The normalized spacial score (nSPS) is 10.0. The predicted molar refractivity (Wildman–Crippen MR) is 75.5 cm³/mol. The molecule has 0 aliphatic heterocycles. The lowest BCUT2D eigenvalue weighted by Gasteiger charge is -2.03. The molecule has 5 nitrogen and oxygen atoms in total. The van der Waals surface area contributed by atoms with E-state index in [2.05, 4.69) is 15.6 Å². The van der Waals surface area contributed by atoms with Crippen LogP contribution in [-0.4, -0.2) is 16.8 Å². The molecule has 0 aliphatic carbocycles. The third-order valence-corrected chi connectivity index (χ3v) is 3.09. The van der Waals surface area contributed by atoms with E-state index >= 15 is 0 Å². The van der Waals surface area contributed by atoms with E-state index in [1.165, 1.54) is 18.3 Å². The SMILES string of the molecule is CC(=O)Nc1nc(C(=O)Nc2ccc(C)cc2)cs1. The number of aromatic nitrogens is 1. The topological polar surface area (TPSA) is 71.1 Å². The lowest BCUT2D eigenvalue weighted by molar-refractivity contribution is -0.114. The first-order valence-corrected chi connectivity index (χ1v) is 6.53. The second-order valence-corrected chi connectivity index (χ2v) is 4.90. The number of anilines is 2. The number of aryl methyl sites for hydroxylation is 1. The maximum Gasteiger partial charge on any atom is 0.275 e. The summed E-state index contributed by atoms with van der Waals surface area (Å²) in [6.07, 6.45) is 0. The van der Waals surface area contributed by atoms with Gasteiger partial charge in [-0.1, -0.05) is 17.7 Å². The molecule has 0 spiro atoms. The lowest BCUT2D eigenvalue weighted by atomic mass is 10.2. The minimum absolute atomic E-state index is 0.208. The van der Waals surface area contributed by atoms with E-state index in [1.54, 1.807) is 5.38 Å². The molecule has 0 bridgehead atoms. The first-order valence-electron chi connectivity index (χ1n) is 5.66. The number of hydrogen-bond donors (Lipinski definition) is 2. The molecule has 0 radical (unpaired) electrons. The Balaban J connectivity index is 2.05. The van der Waals surface area contributed by atoms with Gasteiger partial charge in [-0.3, -0.25) is 9.59 Å². The zero-order valence-corrected chi connectivity index (χ0v) is 11.4. The van der Waals surface area contributed by atoms with E-state index in [0.29, 0.717) is 10.8 Å². The van der Waals surface area contributed by atoms with Crippen LogP contribution in [-0.2, 0) is 4.79 Å². The molecule has 6 heteroatoms. The fourth-order valence-electron chi connectivity index (χ4n) is 1.42. The number of amides is 2. The number of hydrogen-bond acceptors (Lipinski definition) is 4. The largest absolute Gasteiger partial charge is 0.321 e. The number of carbonyl (C=O) groups is 2. The van der Waals surface area contributed by atoms with Crippen molar-refractivity contribution in [2.75, 3.05) is 10.6 Å². The summed E-state index contributed by atoms with van der Waals surface area (Å²) in [4.78, 5) is 26.8. The molecule has 1 aromatic heterocycles. The van der Waals surface area contributed by atoms with E-state index in [9.17, 15) is 9.59 Å². The molecule has 1 heterocycles. The molecule has 0 unspecified atom stereocenters. The van der Waals surface area contributed by atoms with E-state index < -0.39 is 0 Å². The van der Waals surface area contributed by atoms with Crippen molar-refractivity contribution in [1.29, 1.82) is 0 Å². The van der Waals surface area contributed by atoms with Gasteiger partial charge in [0.05, 0.1) is 0 Å². The molecule has 1 aromatic carbocycles. The van der Waals surface area contributed by atoms with Gasteiger partial charge in [-0.15, -0.1) is 11.3 Å². The van der Waals surface area contributed by atoms with Gasteiger partial charge in [0.25, 0.3) is 5.91 Å². The molecule has 0 aliphatic rings. The summed E-state index contributed by atoms with van der Waals surface area (Å²) in [6, 6.07) is 7.49. The van der Waals surface area contributed by atoms with Gasteiger partial charge >= 0.3 is 0 Å². The van der Waals surface area contributed by atoms with Crippen molar-refractivity contribution in [1.82, 2.24) is 4.98 Å². The van der Waals surface area contributed by atoms with E-state index in [-0.39, 0.29) is 17.5 Å². The highest BCUT2D eigenvalue weighted by atomic mass is 32.1. The maximum absolute atomic E-state index is 11.9. The molecule has 2 N–H and O–H groups in total. The monoisotopic (exact) mass is 275 g/mol. The van der Waals surface area contributed by atoms with Crippen LogP contribution in [0, 0.1) is 6.92 Å². The standard InChI is InChI=1S/C13H13N3O2S/c1-8-3-5-10(6-4-8)15-12(18)11-7-19-13(16-11)14-9(2)17/h3-7H,1-2H3,(H,15,18)(H,14,16,17). The Kier molecular flexibility index (Phi) is 3.91. The van der Waals surface area contributed by atoms with Gasteiger partial charge < -0.3 is 10.6 Å². The van der Waals surface area contributed by atoms with Crippen molar-refractivity contribution in [2.45, 2.75) is 13.8 Å². The van der Waals surface area contributed by atoms with Crippen molar-refractivity contribution < 1.29 is 9.59 Å². The van der Waals surface area contributed by atoms with Crippen molar-refractivity contribution in [2.24, 2.45) is 0 Å². The molecule has 0 fully saturated rings. The van der Waals surface area contributed by atoms with Gasteiger partial charge in [-0.25, -0.2) is 4.98 Å². The number of nitrogens with one attached hydrogen (secondary N) is 2. The fourth-order valence-corrected chi connectivity index (χ4v) is 2.15. The third-order valence-electron chi connectivity index (χ3n) is 2.33. The van der Waals surface area contributed by atoms with Crippen LogP contribution in [0.1, 0.15) is 23.0 Å². The predicted octanol–water partition coefficient (Wildman–Crippen LogP) is 2.66. The Labute approximate surface area is 114 Å². The summed E-state index contributed by atoms with van der Waals surface area (Å²) in [5.41, 5.74) is 2.12. The molecule has 2 rings (SSSR count). The molecule has 19 heavy (non-hydrogen) atoms. The van der Waals surface area contributed by atoms with Gasteiger partial charge in [-0.2, -0.15) is 0 Å². The highest BCUT2D eigenvalue weighted by molar-refractivity contribution is 7.14. The Morgan fingerprint density at radius 1 is 1.16 bits per heavy atom. The average molecular weight is 275 g/mol. The number of carbonyl (C=O) groups excluding carboxylic acids is 2. The van der Waals surface area contributed by atoms with Gasteiger partial charge in [0.15, 0.2) is 5.13 Å². The van der Waals surface area contributed by atoms with Gasteiger partial charge in [0.2, 0.25) is 5.91 Å². The summed E-state index contributed by atoms with van der Waals surface area (Å²) in [5.74, 6) is -0.503. The second-order valence-electron chi connectivity index (χ2n) is 4.04. The molecule has 2 amide bonds. The molecule has 0 atom stereocenters. The van der Waals surface area contributed by atoms with E-state index in [0.717, 1.165) is 5.56 Å². The van der Waals surface area contributed by atoms with Crippen LogP contribution in [0.4, 0.5) is 10.8 Å². The zero-order chi connectivity index (χ0) is 13.8. The Bertz CT molecular complexity index is 605. The van der Waals surface area contributed by atoms with Crippen LogP contribution in [0.3, 0.4) is 0 Å². The molecular formula is C13H13N3O2S. The average Bonchev–Trinajstić information content (AvgIpc) is 2.80. The van der Waals surface area contributed by atoms with Gasteiger partial charge in [0, 0.05) is 18.0 Å². The zero-order valence-electron chi connectivity index (χ0n) is 10.6. The fraction of sp³-hybridized carbons (Fsp3) is 0.154. The van der Waals surface area contributed by atoms with Gasteiger partial charge in [0.1, 0.15) is 5.69 Å². The second kappa shape index (κ2) is 5.62. The third kappa shape index (κ3) is 3.62. The van der Waals surface area contributed by atoms with E-state index in [1.807, 2.05) is 31.2 Å². The Morgan fingerprint density at radius 2 is 1.84 bits per heavy atom. The van der Waals surface area contributed by atoms with Crippen molar-refractivity contribution in [3.63, 3.8) is 0 Å². The van der Waals surface area contributed by atoms with Gasteiger partial charge in [-0.05, 0) is 19.1 Å². The smallest absolute Gasteiger partial charge is 0.275 e. The van der Waals surface area contributed by atoms with Crippen LogP contribution >= 0.6 is 11.3 Å². The van der Waals surface area contributed by atoms with Crippen LogP contribution in [0.5, 0.6) is 0 Å². The molecule has 0 saturated heterocycles. The number of nitrogens with zero attached hydrogens (tertiary/aromatic N) is 1. The maximum atomic E-state index is 11.9. The first kappa shape index (κ1) is 13.2. The summed E-state index contributed by atoms with van der Waals surface area (Å²) in [7, 11) is 0. The summed E-state index contributed by atoms with van der Waals surface area (Å²) in [6.45, 7) is 3.37. The van der Waals surface area contributed by atoms with Crippen molar-refractivity contribution >= 4 is 34.0 Å². The molecule has 2 aromatic rings. The Morgan fingerprint density at radius 3 is 2.47 bits per heavy atom. The van der Waals surface area contributed by atoms with Crippen LogP contribution < -0.4 is 10.6 Å². The van der Waals surface area contributed by atoms with Crippen LogP contribution in [0.25, 0.3) is 0 Å². The van der Waals surface area contributed by atoms with Crippen molar-refractivity contribution in [3.8, 4) is 0 Å². The molecule has 0 saturated carbocycles. The summed E-state index contributed by atoms with van der Waals surface area (Å²) < 4.78 is 0. The number of thiazole rings is 1. The number of benzene rings is 1. The summed E-state index contributed by atoms with van der Waals surface area (Å²) in [5, 5.41) is 7.31. The van der Waals surface area contributed by atoms with Crippen LogP contribution in [0.2, 0.25) is 0 Å². The minimum atomic E-state index is -0.295. The highest BCUT2D eigenvalue weighted by Gasteiger charge is 2.11. The molecule has 98 valence electrons. The highest BCUT2D eigenvalue weighted by Crippen LogP contribution is 2.17. The Hall–Kier alpha value is -2.21. The van der Waals surface area contributed by atoms with E-state index in [4.69, 9.17) is 0 Å². The lowest BCUT2D eigenvalue weighted by Crippen LogP contribution is -2.13. The van der Waals surface area contributed by atoms with Crippen molar-refractivity contribution in [3.05, 3.63) is 40.9 Å². The molecular weight excluding hydrogens is 262 g/mol. The number of rotatable bonds is 3. The quantitative estimate of drug-likeness (QED) is 0.904. The summed E-state index contributed by atoms with van der Waals surface area (Å²) >= 11 is 1.22. The first-order chi connectivity index (χ1) is 9.04. The van der Waals surface area contributed by atoms with Crippen LogP contribution in [0.15, 0.2) is 29.6 Å².